The van der Waals surface area contributed by atoms with Crippen LogP contribution in [-0.4, -0.2) is 36.8 Å². The van der Waals surface area contributed by atoms with Gasteiger partial charge in [-0.15, -0.1) is 0 Å². The Hall–Kier alpha value is -5.83. The van der Waals surface area contributed by atoms with E-state index in [1.165, 1.54) is 12.1 Å². The van der Waals surface area contributed by atoms with Gasteiger partial charge in [0.25, 0.3) is 0 Å². The van der Waals surface area contributed by atoms with E-state index in [-0.39, 0.29) is 17.2 Å². The molecule has 44 heavy (non-hydrogen) atoms. The lowest BCUT2D eigenvalue weighted by Gasteiger charge is -2.24. The number of anilines is 1. The summed E-state index contributed by atoms with van der Waals surface area (Å²) in [6, 6.07) is 30.0. The third-order valence-corrected chi connectivity index (χ3v) is 7.75. The summed E-state index contributed by atoms with van der Waals surface area (Å²) in [7, 11) is 0. The largest absolute Gasteiger partial charge is 0.507 e. The summed E-state index contributed by atoms with van der Waals surface area (Å²) in [5.74, 6) is 0.615. The zero-order valence-electron chi connectivity index (χ0n) is 24.2. The third-order valence-electron chi connectivity index (χ3n) is 7.75. The fourth-order valence-electron chi connectivity index (χ4n) is 5.09. The van der Waals surface area contributed by atoms with Crippen molar-refractivity contribution in [2.75, 3.05) is 5.73 Å². The molecule has 0 aliphatic heterocycles. The normalized spacial score (nSPS) is 11.4. The number of rotatable bonds is 8. The molecule has 4 N–H and O–H groups in total. The van der Waals surface area contributed by atoms with E-state index in [0.29, 0.717) is 46.8 Å². The standard InChI is InChI=1S/C35H30N6O3/c1-35(2,25-13-12-24(21-42)30(43)19-25)34(44)38-20-22-10-14-26(15-11-22)41-32(27-9-6-18-37-31(27)36)40-29-17-16-28(39-33(29)41)23-7-4-3-5-8-23/h3-19,21,43H,20H2,1-2H3,(H2,36,37)(H,38,44). The number of benzene rings is 3. The van der Waals surface area contributed by atoms with E-state index in [4.69, 9.17) is 15.7 Å². The summed E-state index contributed by atoms with van der Waals surface area (Å²) in [5.41, 5.74) is 11.7. The van der Waals surface area contributed by atoms with E-state index in [0.717, 1.165) is 22.5 Å². The van der Waals surface area contributed by atoms with Gasteiger partial charge >= 0.3 is 0 Å². The summed E-state index contributed by atoms with van der Waals surface area (Å²) >= 11 is 0. The zero-order chi connectivity index (χ0) is 30.8. The summed E-state index contributed by atoms with van der Waals surface area (Å²) in [4.78, 5) is 38.4. The molecule has 6 rings (SSSR count). The highest BCUT2D eigenvalue weighted by molar-refractivity contribution is 5.88. The average molecular weight is 583 g/mol. The van der Waals surface area contributed by atoms with Gasteiger partial charge in [-0.2, -0.15) is 0 Å². The number of nitrogens with zero attached hydrogens (tertiary/aromatic N) is 4. The number of aromatic hydroxyl groups is 1. The van der Waals surface area contributed by atoms with E-state index < -0.39 is 5.41 Å². The summed E-state index contributed by atoms with van der Waals surface area (Å²) in [6.45, 7) is 3.84. The lowest BCUT2D eigenvalue weighted by Crippen LogP contribution is -2.39. The average Bonchev–Trinajstić information content (AvgIpc) is 3.43. The number of aldehydes is 1. The number of imidazole rings is 1. The number of hydrogen-bond acceptors (Lipinski definition) is 7. The number of fused-ring (bicyclic) bond motifs is 1. The number of hydrogen-bond donors (Lipinski definition) is 3. The van der Waals surface area contributed by atoms with Gasteiger partial charge in [-0.05, 0) is 73.5 Å². The minimum Gasteiger partial charge on any atom is -0.507 e. The maximum absolute atomic E-state index is 13.2. The molecule has 0 bridgehead atoms. The van der Waals surface area contributed by atoms with Gasteiger partial charge in [0.05, 0.1) is 22.2 Å². The van der Waals surface area contributed by atoms with E-state index in [1.54, 1.807) is 26.1 Å². The van der Waals surface area contributed by atoms with E-state index in [9.17, 15) is 14.7 Å². The van der Waals surface area contributed by atoms with Crippen LogP contribution in [0, 0.1) is 0 Å². The predicted molar refractivity (Wildman–Crippen MR) is 170 cm³/mol. The first kappa shape index (κ1) is 28.3. The number of nitrogens with one attached hydrogen (secondary N) is 1. The van der Waals surface area contributed by atoms with Crippen LogP contribution in [0.15, 0.2) is 103 Å². The second-order valence-electron chi connectivity index (χ2n) is 11.0. The molecule has 3 heterocycles. The monoisotopic (exact) mass is 582 g/mol. The van der Waals surface area contributed by atoms with E-state index in [1.807, 2.05) is 83.4 Å². The maximum atomic E-state index is 13.2. The first-order valence-electron chi connectivity index (χ1n) is 14.1. The highest BCUT2D eigenvalue weighted by Crippen LogP contribution is 2.32. The quantitative estimate of drug-likeness (QED) is 0.192. The molecule has 0 atom stereocenters. The van der Waals surface area contributed by atoms with Crippen LogP contribution in [0.1, 0.15) is 35.3 Å². The third kappa shape index (κ3) is 5.27. The molecule has 0 spiro atoms. The molecule has 218 valence electrons. The van der Waals surface area contributed by atoms with Crippen LogP contribution < -0.4 is 11.1 Å². The van der Waals surface area contributed by atoms with Crippen LogP contribution in [0.5, 0.6) is 5.75 Å². The van der Waals surface area contributed by atoms with Gasteiger partial charge in [-0.3, -0.25) is 14.2 Å². The smallest absolute Gasteiger partial charge is 0.230 e. The number of carbonyl (C=O) groups is 2. The molecule has 9 nitrogen and oxygen atoms in total. The van der Waals surface area contributed by atoms with Crippen molar-refractivity contribution in [1.82, 2.24) is 24.8 Å². The SMILES string of the molecule is CC(C)(C(=O)NCc1ccc(-n2c(-c3cccnc3N)nc3ccc(-c4ccccc4)nc32)cc1)c1ccc(C=O)c(O)c1. The zero-order valence-corrected chi connectivity index (χ0v) is 24.2. The number of pyridine rings is 2. The number of nitrogens with two attached hydrogens (primary N) is 1. The Balaban J connectivity index is 1.31. The van der Waals surface area contributed by atoms with Crippen LogP contribution in [-0.2, 0) is 16.8 Å². The van der Waals surface area contributed by atoms with E-state index >= 15 is 0 Å². The number of amides is 1. The Bertz CT molecular complexity index is 2000. The van der Waals surface area contributed by atoms with Gasteiger partial charge in [0.1, 0.15) is 17.1 Å². The minimum atomic E-state index is -0.935. The Morgan fingerprint density at radius 1 is 0.955 bits per heavy atom. The first-order valence-corrected chi connectivity index (χ1v) is 14.1. The van der Waals surface area contributed by atoms with Crippen molar-refractivity contribution in [3.8, 4) is 34.1 Å². The summed E-state index contributed by atoms with van der Waals surface area (Å²) < 4.78 is 1.97. The van der Waals surface area contributed by atoms with Crippen molar-refractivity contribution >= 4 is 29.2 Å². The van der Waals surface area contributed by atoms with Gasteiger partial charge in [0.2, 0.25) is 5.91 Å². The second-order valence-corrected chi connectivity index (χ2v) is 11.0. The van der Waals surface area contributed by atoms with Crippen LogP contribution in [0.2, 0.25) is 0 Å². The topological polar surface area (TPSA) is 136 Å². The van der Waals surface area contributed by atoms with Crippen molar-refractivity contribution in [3.05, 3.63) is 120 Å². The van der Waals surface area contributed by atoms with E-state index in [2.05, 4.69) is 10.3 Å². The number of nitrogen functional groups attached to an aromatic ring is 1. The molecule has 9 heteroatoms. The highest BCUT2D eigenvalue weighted by atomic mass is 16.3. The number of aromatic nitrogens is 4. The molecular formula is C35H30N6O3. The van der Waals surface area contributed by atoms with Gasteiger partial charge in [-0.25, -0.2) is 15.0 Å². The number of phenols is 1. The number of phenolic OH excluding ortho intramolecular Hbond substituents is 1. The maximum Gasteiger partial charge on any atom is 0.230 e. The summed E-state index contributed by atoms with van der Waals surface area (Å²) in [6.07, 6.45) is 2.22. The molecule has 6 aromatic rings. The first-order chi connectivity index (χ1) is 21.3. The lowest BCUT2D eigenvalue weighted by atomic mass is 9.83. The summed E-state index contributed by atoms with van der Waals surface area (Å²) in [5, 5.41) is 13.1. The van der Waals surface area contributed by atoms with Crippen molar-refractivity contribution in [1.29, 1.82) is 0 Å². The molecular weight excluding hydrogens is 552 g/mol. The van der Waals surface area contributed by atoms with Gasteiger partial charge < -0.3 is 16.2 Å². The molecule has 0 radical (unpaired) electrons. The minimum absolute atomic E-state index is 0.154. The molecule has 0 saturated carbocycles. The molecule has 3 aromatic carbocycles. The van der Waals surface area contributed by atoms with Crippen LogP contribution in [0.25, 0.3) is 39.5 Å². The Kier molecular flexibility index (Phi) is 7.36. The van der Waals surface area contributed by atoms with Crippen LogP contribution >= 0.6 is 0 Å². The van der Waals surface area contributed by atoms with Gasteiger partial charge in [-0.1, -0.05) is 48.5 Å². The molecule has 3 aromatic heterocycles. The Morgan fingerprint density at radius 2 is 1.73 bits per heavy atom. The highest BCUT2D eigenvalue weighted by Gasteiger charge is 2.30. The Morgan fingerprint density at radius 3 is 2.43 bits per heavy atom. The fraction of sp³-hybridized carbons (Fsp3) is 0.114. The molecule has 0 saturated heterocycles. The van der Waals surface area contributed by atoms with Gasteiger partial charge in [0.15, 0.2) is 17.8 Å². The molecule has 0 fully saturated rings. The van der Waals surface area contributed by atoms with Crippen molar-refractivity contribution in [2.24, 2.45) is 0 Å². The lowest BCUT2D eigenvalue weighted by molar-refractivity contribution is -0.125. The van der Waals surface area contributed by atoms with Crippen LogP contribution in [0.3, 0.4) is 0 Å². The van der Waals surface area contributed by atoms with Crippen molar-refractivity contribution < 1.29 is 14.7 Å². The predicted octanol–water partition coefficient (Wildman–Crippen LogP) is 5.84. The second kappa shape index (κ2) is 11.4. The molecule has 0 aliphatic rings. The van der Waals surface area contributed by atoms with Gasteiger partial charge in [0, 0.05) is 24.0 Å². The molecule has 0 unspecified atom stereocenters. The Labute approximate surface area is 254 Å². The van der Waals surface area contributed by atoms with Crippen LogP contribution in [0.4, 0.5) is 5.82 Å². The fourth-order valence-corrected chi connectivity index (χ4v) is 5.09. The molecule has 1 amide bonds. The molecule has 0 aliphatic carbocycles. The van der Waals surface area contributed by atoms with Crippen molar-refractivity contribution in [2.45, 2.75) is 25.8 Å². The van der Waals surface area contributed by atoms with Crippen molar-refractivity contribution in [3.63, 3.8) is 0 Å². The number of carbonyl (C=O) groups excluding carboxylic acids is 2.